The number of benzene rings is 1. The number of carboxylic acid groups (broad SMARTS) is 2. The van der Waals surface area contributed by atoms with E-state index in [4.69, 9.17) is 5.73 Å². The third-order valence-corrected chi connectivity index (χ3v) is 4.90. The fourth-order valence-corrected chi connectivity index (χ4v) is 3.21. The molecule has 0 fully saturated rings. The number of carbonyl (C=O) groups is 3. The van der Waals surface area contributed by atoms with E-state index in [0.717, 1.165) is 4.57 Å². The van der Waals surface area contributed by atoms with Gasteiger partial charge in [0, 0.05) is 43.6 Å². The highest BCUT2D eigenvalue weighted by atomic mass is 19.4. The normalized spacial score (nSPS) is 13.9. The summed E-state index contributed by atoms with van der Waals surface area (Å²) < 4.78 is 79.3. The Hall–Kier alpha value is -3.69. The van der Waals surface area contributed by atoms with E-state index in [1.165, 1.54) is 4.90 Å². The van der Waals surface area contributed by atoms with Crippen LogP contribution in [-0.4, -0.2) is 50.1 Å². The minimum atomic E-state index is -4.64. The third-order valence-electron chi connectivity index (χ3n) is 4.90. The van der Waals surface area contributed by atoms with E-state index in [9.17, 15) is 50.9 Å². The van der Waals surface area contributed by atoms with Gasteiger partial charge in [-0.05, 0) is 30.9 Å². The molecule has 0 spiro atoms. The van der Waals surface area contributed by atoms with E-state index in [2.05, 4.69) is 10.2 Å². The van der Waals surface area contributed by atoms with Gasteiger partial charge in [0.05, 0.1) is 6.54 Å². The number of carbonyl (C=O) groups excluding carboxylic acids is 3. The largest absolute Gasteiger partial charge is 0.550 e. The lowest BCUT2D eigenvalue weighted by atomic mass is 10.0. The van der Waals surface area contributed by atoms with Gasteiger partial charge in [-0.15, -0.1) is 10.2 Å². The molecular weight excluding hydrogens is 504 g/mol. The molecule has 1 aromatic heterocycles. The van der Waals surface area contributed by atoms with Crippen LogP contribution in [-0.2, 0) is 40.1 Å². The molecule has 0 bridgehead atoms. The minimum Gasteiger partial charge on any atom is -0.550 e. The lowest BCUT2D eigenvalue weighted by Crippen LogP contribution is -2.42. The molecule has 3 rings (SSSR count). The molecule has 2 aromatic rings. The number of carboxylic acids is 2. The molecule has 36 heavy (non-hydrogen) atoms. The fraction of sp³-hybridized carbons (Fsp3) is 0.450. The summed E-state index contributed by atoms with van der Waals surface area (Å²) in [5.74, 6) is -7.88. The van der Waals surface area contributed by atoms with Crippen molar-refractivity contribution in [2.75, 3.05) is 6.54 Å². The Bertz CT molecular complexity index is 1110. The summed E-state index contributed by atoms with van der Waals surface area (Å²) in [5, 5.41) is 25.6. The maximum absolute atomic E-state index is 13.7. The van der Waals surface area contributed by atoms with Crippen LogP contribution in [0.5, 0.6) is 0 Å². The molecule has 0 unspecified atom stereocenters. The summed E-state index contributed by atoms with van der Waals surface area (Å²) in [4.78, 5) is 32.6. The van der Waals surface area contributed by atoms with Gasteiger partial charge >= 0.3 is 6.18 Å². The third kappa shape index (κ3) is 7.93. The maximum atomic E-state index is 13.7. The van der Waals surface area contributed by atoms with Gasteiger partial charge in [-0.1, -0.05) is 0 Å². The minimum absolute atomic E-state index is 0.000783. The van der Waals surface area contributed by atoms with Crippen molar-refractivity contribution >= 4 is 17.8 Å². The molecule has 2 N–H and O–H groups in total. The lowest BCUT2D eigenvalue weighted by Gasteiger charge is -2.29. The number of hydrogen-bond donors (Lipinski definition) is 1. The second-order valence-electron chi connectivity index (χ2n) is 7.67. The van der Waals surface area contributed by atoms with Crippen molar-refractivity contribution in [2.45, 2.75) is 51.0 Å². The predicted octanol–water partition coefficient (Wildman–Crippen LogP) is -0.717. The number of amides is 1. The zero-order valence-corrected chi connectivity index (χ0v) is 18.4. The summed E-state index contributed by atoms with van der Waals surface area (Å²) >= 11 is 0. The quantitative estimate of drug-likeness (QED) is 0.368. The average Bonchev–Trinajstić information content (AvgIpc) is 3.20. The van der Waals surface area contributed by atoms with E-state index < -0.39 is 66.2 Å². The fourth-order valence-electron chi connectivity index (χ4n) is 3.21. The first-order valence-electron chi connectivity index (χ1n) is 10.2. The molecule has 1 atom stereocenters. The molecule has 2 heterocycles. The standard InChI is InChI=1S/C16H15F6N5O.C4H6O4/c17-10-6-12(19)11(18)4-8(10)3-9(23)5-14(28)26-1-2-27-13(7-26)24-25-15(27)16(20,21)22;5-3(6)1-2-4(7)8/h4,6,9H,1-3,5,7,23H2;1-2H2,(H,5,6)(H,7,8)/p-2/t9-;/m1./s1. The Morgan fingerprint density at radius 3 is 2.11 bits per heavy atom. The van der Waals surface area contributed by atoms with Gasteiger partial charge in [-0.25, -0.2) is 13.2 Å². The van der Waals surface area contributed by atoms with Gasteiger partial charge in [-0.2, -0.15) is 13.2 Å². The van der Waals surface area contributed by atoms with Gasteiger partial charge in [0.25, 0.3) is 0 Å². The summed E-state index contributed by atoms with van der Waals surface area (Å²) in [6.07, 6.45) is -6.05. The van der Waals surface area contributed by atoms with E-state index in [-0.39, 0.29) is 43.9 Å². The highest BCUT2D eigenvalue weighted by molar-refractivity contribution is 5.77. The number of alkyl halides is 3. The molecule has 0 saturated heterocycles. The van der Waals surface area contributed by atoms with Crippen LogP contribution < -0.4 is 15.9 Å². The Morgan fingerprint density at radius 1 is 0.972 bits per heavy atom. The van der Waals surface area contributed by atoms with Gasteiger partial charge in [0.15, 0.2) is 17.5 Å². The van der Waals surface area contributed by atoms with Crippen molar-refractivity contribution in [2.24, 2.45) is 5.73 Å². The average molecular weight is 523 g/mol. The molecular formula is C20H19F6N5O5-2. The van der Waals surface area contributed by atoms with Crippen molar-refractivity contribution in [3.05, 3.63) is 46.8 Å². The molecule has 0 radical (unpaired) electrons. The highest BCUT2D eigenvalue weighted by Gasteiger charge is 2.40. The summed E-state index contributed by atoms with van der Waals surface area (Å²) in [7, 11) is 0. The smallest absolute Gasteiger partial charge is 0.451 e. The molecule has 1 aromatic carbocycles. The van der Waals surface area contributed by atoms with Gasteiger partial charge < -0.3 is 35.0 Å². The van der Waals surface area contributed by atoms with Crippen LogP contribution in [0.15, 0.2) is 12.1 Å². The van der Waals surface area contributed by atoms with Crippen LogP contribution >= 0.6 is 0 Å². The van der Waals surface area contributed by atoms with Crippen LogP contribution in [0.1, 0.15) is 36.5 Å². The monoisotopic (exact) mass is 523 g/mol. The number of aliphatic carboxylic acids is 2. The number of hydrogen-bond acceptors (Lipinski definition) is 8. The van der Waals surface area contributed by atoms with Crippen LogP contribution in [0.2, 0.25) is 0 Å². The lowest BCUT2D eigenvalue weighted by molar-refractivity contribution is -0.315. The zero-order valence-electron chi connectivity index (χ0n) is 18.4. The summed E-state index contributed by atoms with van der Waals surface area (Å²) in [5.41, 5.74) is 5.64. The Morgan fingerprint density at radius 2 is 1.56 bits per heavy atom. The first kappa shape index (κ1) is 28.5. The summed E-state index contributed by atoms with van der Waals surface area (Å²) in [6, 6.07) is 0.184. The molecule has 0 saturated carbocycles. The van der Waals surface area contributed by atoms with Crippen LogP contribution in [0, 0.1) is 17.5 Å². The first-order chi connectivity index (χ1) is 16.7. The highest BCUT2D eigenvalue weighted by Crippen LogP contribution is 2.29. The van der Waals surface area contributed by atoms with Crippen LogP contribution in [0.25, 0.3) is 0 Å². The first-order valence-corrected chi connectivity index (χ1v) is 10.2. The number of halogens is 6. The Kier molecular flexibility index (Phi) is 9.38. The molecule has 1 amide bonds. The van der Waals surface area contributed by atoms with Gasteiger partial charge in [0.1, 0.15) is 5.82 Å². The van der Waals surface area contributed by atoms with E-state index in [1.807, 2.05) is 0 Å². The van der Waals surface area contributed by atoms with E-state index in [0.29, 0.717) is 12.1 Å². The second-order valence-corrected chi connectivity index (χ2v) is 7.67. The van der Waals surface area contributed by atoms with Crippen molar-refractivity contribution in [3.63, 3.8) is 0 Å². The van der Waals surface area contributed by atoms with E-state index >= 15 is 0 Å². The summed E-state index contributed by atoms with van der Waals surface area (Å²) in [6.45, 7) is -0.302. The second kappa shape index (κ2) is 11.8. The molecule has 0 aliphatic carbocycles. The topological polar surface area (TPSA) is 157 Å². The number of nitrogens with zero attached hydrogens (tertiary/aromatic N) is 4. The predicted molar refractivity (Wildman–Crippen MR) is 102 cm³/mol. The SMILES string of the molecule is N[C@@H](CC(=O)N1CCn2c(nnc2C(F)(F)F)C1)Cc1cc(F)c(F)cc1F.O=C([O-])CCC(=O)[O-]. The van der Waals surface area contributed by atoms with Crippen molar-refractivity contribution in [1.29, 1.82) is 0 Å². The zero-order chi connectivity index (χ0) is 27.2. The van der Waals surface area contributed by atoms with Crippen LogP contribution in [0.4, 0.5) is 26.3 Å². The molecule has 198 valence electrons. The van der Waals surface area contributed by atoms with Crippen molar-refractivity contribution < 1.29 is 50.9 Å². The van der Waals surface area contributed by atoms with Crippen molar-refractivity contribution in [1.82, 2.24) is 19.7 Å². The van der Waals surface area contributed by atoms with Crippen molar-refractivity contribution in [3.8, 4) is 0 Å². The molecule has 1 aliphatic rings. The number of fused-ring (bicyclic) bond motifs is 1. The van der Waals surface area contributed by atoms with Gasteiger partial charge in [0.2, 0.25) is 11.7 Å². The molecule has 1 aliphatic heterocycles. The molecule has 16 heteroatoms. The van der Waals surface area contributed by atoms with E-state index in [1.54, 1.807) is 0 Å². The Labute approximate surface area is 199 Å². The molecule has 10 nitrogen and oxygen atoms in total. The maximum Gasteiger partial charge on any atom is 0.451 e. The number of aromatic nitrogens is 3. The number of nitrogens with two attached hydrogens (primary N) is 1. The Balaban J connectivity index is 0.000000493. The van der Waals surface area contributed by atoms with Crippen LogP contribution in [0.3, 0.4) is 0 Å². The van der Waals surface area contributed by atoms with Gasteiger partial charge in [-0.3, -0.25) is 4.79 Å². The number of rotatable bonds is 7.